The zero-order valence-corrected chi connectivity index (χ0v) is 17.2. The van der Waals surface area contributed by atoms with Gasteiger partial charge in [-0.2, -0.15) is 5.10 Å². The van der Waals surface area contributed by atoms with Crippen molar-refractivity contribution in [1.82, 2.24) is 19.7 Å². The van der Waals surface area contributed by atoms with E-state index in [1.807, 2.05) is 16.8 Å². The highest BCUT2D eigenvalue weighted by Crippen LogP contribution is 2.37. The van der Waals surface area contributed by atoms with Gasteiger partial charge in [0.1, 0.15) is 23.6 Å². The van der Waals surface area contributed by atoms with E-state index in [2.05, 4.69) is 15.2 Å². The van der Waals surface area contributed by atoms with Crippen molar-refractivity contribution in [1.29, 1.82) is 0 Å². The molecule has 3 heterocycles. The maximum atomic E-state index is 13.5. The Morgan fingerprint density at radius 3 is 2.73 bits per heavy atom. The smallest absolute Gasteiger partial charge is 0.128 e. The van der Waals surface area contributed by atoms with Gasteiger partial charge in [-0.3, -0.25) is 9.58 Å². The van der Waals surface area contributed by atoms with Gasteiger partial charge in [-0.25, -0.2) is 9.37 Å². The summed E-state index contributed by atoms with van der Waals surface area (Å²) < 4.78 is 20.8. The van der Waals surface area contributed by atoms with Gasteiger partial charge in [0.15, 0.2) is 0 Å². The largest absolute Gasteiger partial charge is 0.383 e. The second-order valence-electron chi connectivity index (χ2n) is 7.42. The summed E-state index contributed by atoms with van der Waals surface area (Å²) in [5.41, 5.74) is 4.72. The summed E-state index contributed by atoms with van der Waals surface area (Å²) in [6.45, 7) is 5.58. The molecule has 0 saturated heterocycles. The molecular weight excluding hydrogens is 385 g/mol. The number of rotatable bonds is 7. The molecule has 8 heteroatoms. The predicted molar refractivity (Wildman–Crippen MR) is 113 cm³/mol. The minimum Gasteiger partial charge on any atom is -0.383 e. The summed E-state index contributed by atoms with van der Waals surface area (Å²) >= 11 is 0. The summed E-state index contributed by atoms with van der Waals surface area (Å²) in [7, 11) is 1.71. The quantitative estimate of drug-likeness (QED) is 0.583. The highest BCUT2D eigenvalue weighted by Gasteiger charge is 2.26. The van der Waals surface area contributed by atoms with Gasteiger partial charge in [-0.05, 0) is 48.9 Å². The van der Waals surface area contributed by atoms with E-state index in [4.69, 9.17) is 9.84 Å². The first-order chi connectivity index (χ1) is 14.5. The molecule has 158 valence electrons. The fraction of sp³-hybridized carbons (Fsp3) is 0.364. The van der Waals surface area contributed by atoms with Crippen molar-refractivity contribution in [2.24, 2.45) is 0 Å². The first-order valence-corrected chi connectivity index (χ1v) is 10.0. The summed E-state index contributed by atoms with van der Waals surface area (Å²) in [4.78, 5) is 6.64. The molecule has 0 amide bonds. The van der Waals surface area contributed by atoms with E-state index in [1.165, 1.54) is 12.1 Å². The van der Waals surface area contributed by atoms with Crippen LogP contribution in [0.25, 0.3) is 22.4 Å². The Morgan fingerprint density at radius 1 is 1.20 bits per heavy atom. The molecule has 3 aromatic rings. The van der Waals surface area contributed by atoms with Gasteiger partial charge < -0.3 is 15.2 Å². The van der Waals surface area contributed by atoms with E-state index in [0.717, 1.165) is 54.3 Å². The molecule has 0 radical (unpaired) electrons. The molecule has 1 aromatic carbocycles. The summed E-state index contributed by atoms with van der Waals surface area (Å²) in [6, 6.07) is 10.3. The Kier molecular flexibility index (Phi) is 6.08. The molecule has 1 aliphatic heterocycles. The van der Waals surface area contributed by atoms with Crippen LogP contribution in [0.3, 0.4) is 0 Å². The SMILES string of the molecule is COCCN1CCn2nc(-c3ccc(F)cc3)c(-c3ccnc(NC(C)O)c3)c2C1. The molecule has 0 fully saturated rings. The number of nitrogens with zero attached hydrogens (tertiary/aromatic N) is 4. The number of anilines is 1. The Labute approximate surface area is 175 Å². The molecule has 0 aliphatic carbocycles. The van der Waals surface area contributed by atoms with Gasteiger partial charge in [-0.1, -0.05) is 0 Å². The molecule has 1 atom stereocenters. The highest BCUT2D eigenvalue weighted by molar-refractivity contribution is 5.83. The van der Waals surface area contributed by atoms with Crippen molar-refractivity contribution in [3.63, 3.8) is 0 Å². The second kappa shape index (κ2) is 8.91. The predicted octanol–water partition coefficient (Wildman–Crippen LogP) is 2.96. The number of aliphatic hydroxyl groups is 1. The van der Waals surface area contributed by atoms with Gasteiger partial charge in [-0.15, -0.1) is 0 Å². The number of aliphatic hydroxyl groups excluding tert-OH is 1. The number of hydrogen-bond acceptors (Lipinski definition) is 6. The topological polar surface area (TPSA) is 75.4 Å². The Bertz CT molecular complexity index is 1000. The average Bonchev–Trinajstić information content (AvgIpc) is 3.11. The van der Waals surface area contributed by atoms with Crippen molar-refractivity contribution < 1.29 is 14.2 Å². The van der Waals surface area contributed by atoms with Crippen LogP contribution in [0.15, 0.2) is 42.6 Å². The lowest BCUT2D eigenvalue weighted by Crippen LogP contribution is -2.36. The van der Waals surface area contributed by atoms with Crippen molar-refractivity contribution in [3.8, 4) is 22.4 Å². The highest BCUT2D eigenvalue weighted by atomic mass is 19.1. The fourth-order valence-electron chi connectivity index (χ4n) is 3.77. The van der Waals surface area contributed by atoms with E-state index in [1.54, 1.807) is 32.4 Å². The van der Waals surface area contributed by atoms with Gasteiger partial charge in [0.25, 0.3) is 0 Å². The van der Waals surface area contributed by atoms with Crippen LogP contribution < -0.4 is 5.32 Å². The minimum atomic E-state index is -0.713. The fourth-order valence-corrected chi connectivity index (χ4v) is 3.77. The zero-order chi connectivity index (χ0) is 21.1. The van der Waals surface area contributed by atoms with Crippen LogP contribution in [0.5, 0.6) is 0 Å². The van der Waals surface area contributed by atoms with Crippen molar-refractivity contribution >= 4 is 5.82 Å². The number of hydrogen-bond donors (Lipinski definition) is 2. The molecule has 1 aliphatic rings. The second-order valence-corrected chi connectivity index (χ2v) is 7.42. The van der Waals surface area contributed by atoms with E-state index in [-0.39, 0.29) is 5.82 Å². The van der Waals surface area contributed by atoms with Crippen molar-refractivity contribution in [2.45, 2.75) is 26.2 Å². The summed E-state index contributed by atoms with van der Waals surface area (Å²) in [5, 5.41) is 17.5. The summed E-state index contributed by atoms with van der Waals surface area (Å²) in [6.07, 6.45) is 0.999. The van der Waals surface area contributed by atoms with Gasteiger partial charge in [0.2, 0.25) is 0 Å². The number of aromatic nitrogens is 3. The Morgan fingerprint density at radius 2 is 2.00 bits per heavy atom. The van der Waals surface area contributed by atoms with E-state index >= 15 is 0 Å². The van der Waals surface area contributed by atoms with Crippen LogP contribution in [-0.4, -0.2) is 57.8 Å². The van der Waals surface area contributed by atoms with Crippen LogP contribution in [0, 0.1) is 5.82 Å². The van der Waals surface area contributed by atoms with E-state index in [0.29, 0.717) is 12.4 Å². The molecule has 0 bridgehead atoms. The lowest BCUT2D eigenvalue weighted by Gasteiger charge is -2.28. The molecule has 2 aromatic heterocycles. The summed E-state index contributed by atoms with van der Waals surface area (Å²) in [5.74, 6) is 0.307. The maximum Gasteiger partial charge on any atom is 0.128 e. The molecule has 7 nitrogen and oxygen atoms in total. The third kappa shape index (κ3) is 4.35. The van der Waals surface area contributed by atoms with Crippen LogP contribution >= 0.6 is 0 Å². The lowest BCUT2D eigenvalue weighted by molar-refractivity contribution is 0.129. The van der Waals surface area contributed by atoms with E-state index in [9.17, 15) is 9.50 Å². The molecule has 30 heavy (non-hydrogen) atoms. The zero-order valence-electron chi connectivity index (χ0n) is 17.2. The third-order valence-electron chi connectivity index (χ3n) is 5.19. The normalized spacial score (nSPS) is 15.1. The number of nitrogens with one attached hydrogen (secondary N) is 1. The lowest BCUT2D eigenvalue weighted by atomic mass is 9.98. The average molecular weight is 411 g/mol. The monoisotopic (exact) mass is 411 g/mol. The Hall–Kier alpha value is -2.81. The number of pyridine rings is 1. The third-order valence-corrected chi connectivity index (χ3v) is 5.19. The number of ether oxygens (including phenoxy) is 1. The standard InChI is InChI=1S/C22H26FN5O2/c1-15(29)25-20-13-17(7-8-24-20)21-19-14-27(11-12-30-2)9-10-28(19)26-22(21)16-3-5-18(23)6-4-16/h3-8,13,15,29H,9-12,14H2,1-2H3,(H,24,25). The van der Waals surface area contributed by atoms with Gasteiger partial charge in [0.05, 0.1) is 18.8 Å². The molecule has 2 N–H and O–H groups in total. The molecule has 1 unspecified atom stereocenters. The molecular formula is C22H26FN5O2. The van der Waals surface area contributed by atoms with Crippen molar-refractivity contribution in [3.05, 3.63) is 54.1 Å². The number of fused-ring (bicyclic) bond motifs is 1. The van der Waals surface area contributed by atoms with Crippen LogP contribution in [0.2, 0.25) is 0 Å². The molecule has 0 spiro atoms. The molecule has 4 rings (SSSR count). The van der Waals surface area contributed by atoms with Crippen molar-refractivity contribution in [2.75, 3.05) is 32.1 Å². The molecule has 0 saturated carbocycles. The number of methoxy groups -OCH3 is 1. The van der Waals surface area contributed by atoms with Crippen LogP contribution in [0.1, 0.15) is 12.6 Å². The van der Waals surface area contributed by atoms with E-state index < -0.39 is 6.23 Å². The first-order valence-electron chi connectivity index (χ1n) is 10.0. The Balaban J connectivity index is 1.80. The van der Waals surface area contributed by atoms with Gasteiger partial charge in [0, 0.05) is 44.1 Å². The number of halogens is 1. The van der Waals surface area contributed by atoms with Gasteiger partial charge >= 0.3 is 0 Å². The van der Waals surface area contributed by atoms with Crippen LogP contribution in [-0.2, 0) is 17.8 Å². The first kappa shape index (κ1) is 20.5. The minimum absolute atomic E-state index is 0.276. The number of benzene rings is 1. The van der Waals surface area contributed by atoms with Crippen LogP contribution in [0.4, 0.5) is 10.2 Å². The maximum absolute atomic E-state index is 13.5.